The van der Waals surface area contributed by atoms with Crippen LogP contribution in [0.15, 0.2) is 44.9 Å². The van der Waals surface area contributed by atoms with Crippen LogP contribution < -0.4 is 0 Å². The molecule has 0 radical (unpaired) electrons. The molecule has 146 valence electrons. The summed E-state index contributed by atoms with van der Waals surface area (Å²) in [5, 5.41) is 4.08. The first-order valence-corrected chi connectivity index (χ1v) is 9.06. The molecule has 1 aromatic rings. The maximum atomic E-state index is 5.46. The lowest BCUT2D eigenvalue weighted by atomic mass is 10.0. The van der Waals surface area contributed by atoms with E-state index in [9.17, 15) is 0 Å². The van der Waals surface area contributed by atoms with Crippen LogP contribution in [0.4, 0.5) is 0 Å². The van der Waals surface area contributed by atoms with Crippen LogP contribution in [0.25, 0.3) is 5.57 Å². The number of nitrogens with zero attached hydrogens (tertiary/aromatic N) is 4. The molecule has 0 spiro atoms. The Hall–Kier alpha value is -2.70. The number of rotatable bonds is 6. The summed E-state index contributed by atoms with van der Waals surface area (Å²) in [6, 6.07) is -0.480. The minimum Gasteiger partial charge on any atom is -0.483 e. The normalized spacial score (nSPS) is 21.1. The zero-order chi connectivity index (χ0) is 19.8. The molecule has 7 heteroatoms. The van der Waals surface area contributed by atoms with Crippen molar-refractivity contribution in [2.75, 3.05) is 14.2 Å². The van der Waals surface area contributed by atoms with Crippen LogP contribution >= 0.6 is 0 Å². The van der Waals surface area contributed by atoms with Crippen LogP contribution in [0.2, 0.25) is 0 Å². The number of aliphatic imine (C=N–C) groups is 2. The van der Waals surface area contributed by atoms with Crippen LogP contribution in [-0.2, 0) is 15.9 Å². The molecule has 2 unspecified atom stereocenters. The Morgan fingerprint density at radius 2 is 1.85 bits per heavy atom. The van der Waals surface area contributed by atoms with Gasteiger partial charge < -0.3 is 14.0 Å². The summed E-state index contributed by atoms with van der Waals surface area (Å²) in [5.74, 6) is 2.42. The van der Waals surface area contributed by atoms with Crippen molar-refractivity contribution in [1.29, 1.82) is 0 Å². The molecule has 0 saturated heterocycles. The van der Waals surface area contributed by atoms with Gasteiger partial charge in [0, 0.05) is 12.0 Å². The summed E-state index contributed by atoms with van der Waals surface area (Å²) in [4.78, 5) is 13.8. The van der Waals surface area contributed by atoms with Gasteiger partial charge in [0.25, 0.3) is 5.89 Å². The zero-order valence-corrected chi connectivity index (χ0v) is 16.8. The maximum absolute atomic E-state index is 5.46. The molecule has 0 aliphatic carbocycles. The van der Waals surface area contributed by atoms with E-state index in [-0.39, 0.29) is 18.0 Å². The minimum absolute atomic E-state index is 0.145. The van der Waals surface area contributed by atoms with Crippen LogP contribution in [0.5, 0.6) is 0 Å². The molecular formula is C20H28N4O3. The predicted molar refractivity (Wildman–Crippen MR) is 107 cm³/mol. The molecule has 0 bridgehead atoms. The third-order valence-electron chi connectivity index (χ3n) is 4.12. The van der Waals surface area contributed by atoms with E-state index >= 15 is 0 Å². The van der Waals surface area contributed by atoms with Crippen molar-refractivity contribution in [2.45, 2.75) is 46.2 Å². The van der Waals surface area contributed by atoms with Crippen molar-refractivity contribution >= 4 is 17.4 Å². The van der Waals surface area contributed by atoms with Gasteiger partial charge in [0.05, 0.1) is 14.2 Å². The highest BCUT2D eigenvalue weighted by Gasteiger charge is 2.31. The Balaban J connectivity index is 2.20. The first-order valence-electron chi connectivity index (χ1n) is 9.06. The maximum Gasteiger partial charge on any atom is 0.257 e. The number of hydrogen-bond donors (Lipinski definition) is 0. The van der Waals surface area contributed by atoms with Crippen molar-refractivity contribution in [3.63, 3.8) is 0 Å². The predicted octanol–water partition coefficient (Wildman–Crippen LogP) is 3.64. The summed E-state index contributed by atoms with van der Waals surface area (Å²) in [6.07, 6.45) is 10.1. The van der Waals surface area contributed by atoms with E-state index in [1.54, 1.807) is 14.2 Å². The van der Waals surface area contributed by atoms with Crippen molar-refractivity contribution in [3.8, 4) is 0 Å². The van der Waals surface area contributed by atoms with Gasteiger partial charge in [-0.3, -0.25) is 0 Å². The highest BCUT2D eigenvalue weighted by molar-refractivity contribution is 5.94. The first kappa shape index (κ1) is 20.6. The Morgan fingerprint density at radius 3 is 2.44 bits per heavy atom. The molecule has 1 aliphatic rings. The third-order valence-corrected chi connectivity index (χ3v) is 4.12. The number of methoxy groups -OCH3 is 2. The molecule has 1 aliphatic heterocycles. The molecular weight excluding hydrogens is 344 g/mol. The van der Waals surface area contributed by atoms with Gasteiger partial charge in [0.15, 0.2) is 5.82 Å². The molecule has 0 saturated carbocycles. The van der Waals surface area contributed by atoms with Crippen molar-refractivity contribution < 1.29 is 14.0 Å². The number of allylic oxidation sites excluding steroid dienone is 6. The van der Waals surface area contributed by atoms with Crippen LogP contribution in [0.1, 0.15) is 39.4 Å². The molecule has 7 nitrogen and oxygen atoms in total. The lowest BCUT2D eigenvalue weighted by Gasteiger charge is -2.26. The average Bonchev–Trinajstić information content (AvgIpc) is 3.13. The summed E-state index contributed by atoms with van der Waals surface area (Å²) >= 11 is 0. The molecule has 0 aromatic carbocycles. The van der Waals surface area contributed by atoms with Crippen LogP contribution in [0.3, 0.4) is 0 Å². The van der Waals surface area contributed by atoms with Gasteiger partial charge in [-0.05, 0) is 25.8 Å². The first-order chi connectivity index (χ1) is 13.0. The van der Waals surface area contributed by atoms with E-state index in [0.29, 0.717) is 29.9 Å². The van der Waals surface area contributed by atoms with Gasteiger partial charge in [0.2, 0.25) is 11.8 Å². The van der Waals surface area contributed by atoms with Gasteiger partial charge in [-0.2, -0.15) is 4.98 Å². The quantitative estimate of drug-likeness (QED) is 0.712. The molecule has 1 aromatic heterocycles. The third kappa shape index (κ3) is 5.15. The summed E-state index contributed by atoms with van der Waals surface area (Å²) in [5.41, 5.74) is 0.858. The van der Waals surface area contributed by atoms with Gasteiger partial charge in [-0.25, -0.2) is 9.98 Å². The van der Waals surface area contributed by atoms with E-state index in [0.717, 1.165) is 5.57 Å². The smallest absolute Gasteiger partial charge is 0.257 e. The second-order valence-electron chi connectivity index (χ2n) is 6.40. The molecule has 0 fully saturated rings. The fraction of sp³-hybridized carbons (Fsp3) is 0.500. The summed E-state index contributed by atoms with van der Waals surface area (Å²) < 4.78 is 16.3. The van der Waals surface area contributed by atoms with Crippen LogP contribution in [0, 0.1) is 5.92 Å². The van der Waals surface area contributed by atoms with Crippen molar-refractivity contribution in [1.82, 2.24) is 10.1 Å². The fourth-order valence-electron chi connectivity index (χ4n) is 2.68. The van der Waals surface area contributed by atoms with E-state index in [1.165, 1.54) is 0 Å². The zero-order valence-electron chi connectivity index (χ0n) is 16.8. The Labute approximate surface area is 160 Å². The molecule has 0 N–H and O–H groups in total. The van der Waals surface area contributed by atoms with Gasteiger partial charge in [0.1, 0.15) is 12.1 Å². The number of aromatic nitrogens is 2. The van der Waals surface area contributed by atoms with Crippen LogP contribution in [-0.4, -0.2) is 48.2 Å². The monoisotopic (exact) mass is 372 g/mol. The molecule has 27 heavy (non-hydrogen) atoms. The Kier molecular flexibility index (Phi) is 7.52. The van der Waals surface area contributed by atoms with E-state index in [4.69, 9.17) is 14.0 Å². The summed E-state index contributed by atoms with van der Waals surface area (Å²) in [6.45, 7) is 8.03. The highest BCUT2D eigenvalue weighted by Crippen LogP contribution is 2.20. The molecule has 2 heterocycles. The molecule has 2 atom stereocenters. The van der Waals surface area contributed by atoms with Crippen molar-refractivity contribution in [2.24, 2.45) is 15.9 Å². The lowest BCUT2D eigenvalue weighted by molar-refractivity contribution is 0.331. The van der Waals surface area contributed by atoms with Gasteiger partial charge in [-0.15, -0.1) is 0 Å². The average molecular weight is 372 g/mol. The lowest BCUT2D eigenvalue weighted by Crippen LogP contribution is -2.38. The fourth-order valence-corrected chi connectivity index (χ4v) is 2.68. The second-order valence-corrected chi connectivity index (χ2v) is 6.40. The number of hydrogen-bond acceptors (Lipinski definition) is 7. The van der Waals surface area contributed by atoms with Gasteiger partial charge >= 0.3 is 0 Å². The standard InChI is InChI=1S/C20H28N4O3/c1-7-9-10-11-14(8-2)18-22-16(24-27-18)12-15-19(25-5)23-17(13(3)4)20(21-15)26-6/h7-11,13,15,17H,12H2,1-6H3/b9-7-,11-10-,14-8+. The SMILES string of the molecule is C\C=C/C=C\C(=C/C)c1nc(CC2N=C(OC)C(C(C)C)N=C2OC)no1. The topological polar surface area (TPSA) is 82.1 Å². The number of ether oxygens (including phenoxy) is 2. The summed E-state index contributed by atoms with van der Waals surface area (Å²) in [7, 11) is 3.21. The highest BCUT2D eigenvalue weighted by atomic mass is 16.5. The molecule has 0 amide bonds. The Morgan fingerprint density at radius 1 is 1.11 bits per heavy atom. The van der Waals surface area contributed by atoms with E-state index < -0.39 is 0 Å². The van der Waals surface area contributed by atoms with Gasteiger partial charge in [-0.1, -0.05) is 43.3 Å². The van der Waals surface area contributed by atoms with E-state index in [2.05, 4.69) is 34.0 Å². The largest absolute Gasteiger partial charge is 0.483 e. The second kappa shape index (κ2) is 9.85. The Bertz CT molecular complexity index is 772. The van der Waals surface area contributed by atoms with E-state index in [1.807, 2.05) is 44.2 Å². The molecule has 2 rings (SSSR count). The minimum atomic E-state index is -0.335. The van der Waals surface area contributed by atoms with Crippen molar-refractivity contribution in [3.05, 3.63) is 42.1 Å².